The third-order valence-corrected chi connectivity index (χ3v) is 4.11. The summed E-state index contributed by atoms with van der Waals surface area (Å²) in [6.45, 7) is 0.979. The Bertz CT molecular complexity index is 587. The van der Waals surface area contributed by atoms with Gasteiger partial charge < -0.3 is 14.9 Å². The van der Waals surface area contributed by atoms with Gasteiger partial charge in [-0.15, -0.1) is 0 Å². The molecule has 0 unspecified atom stereocenters. The normalized spacial score (nSPS) is 11.2. The van der Waals surface area contributed by atoms with Gasteiger partial charge in [0.25, 0.3) is 0 Å². The van der Waals surface area contributed by atoms with E-state index in [-0.39, 0.29) is 5.57 Å². The van der Waals surface area contributed by atoms with Gasteiger partial charge >= 0.3 is 5.97 Å². The molecule has 26 heavy (non-hydrogen) atoms. The van der Waals surface area contributed by atoms with Gasteiger partial charge in [0.05, 0.1) is 6.61 Å². The second-order valence-corrected chi connectivity index (χ2v) is 6.30. The van der Waals surface area contributed by atoms with Crippen LogP contribution in [0.1, 0.15) is 63.4 Å². The van der Waals surface area contributed by atoms with Crippen LogP contribution in [0.15, 0.2) is 29.8 Å². The molecule has 1 aromatic carbocycles. The largest absolute Gasteiger partial charge is 0.494 e. The minimum Gasteiger partial charge on any atom is -0.494 e. The molecular weight excluding hydrogens is 330 g/mol. The summed E-state index contributed by atoms with van der Waals surface area (Å²) in [5, 5.41) is 26.3. The Morgan fingerprint density at radius 3 is 2.00 bits per heavy atom. The van der Waals surface area contributed by atoms with Gasteiger partial charge in [-0.2, -0.15) is 5.26 Å². The summed E-state index contributed by atoms with van der Waals surface area (Å²) in [4.78, 5) is 10.8. The molecule has 0 aliphatic carbocycles. The van der Waals surface area contributed by atoms with Crippen LogP contribution in [0.4, 0.5) is 0 Å². The zero-order valence-corrected chi connectivity index (χ0v) is 15.3. The molecule has 2 N–H and O–H groups in total. The highest BCUT2D eigenvalue weighted by molar-refractivity contribution is 5.96. The zero-order valence-electron chi connectivity index (χ0n) is 15.3. The fourth-order valence-corrected chi connectivity index (χ4v) is 2.61. The van der Waals surface area contributed by atoms with Crippen molar-refractivity contribution in [1.29, 1.82) is 5.26 Å². The van der Waals surface area contributed by atoms with Crippen LogP contribution in [0.25, 0.3) is 6.08 Å². The molecule has 0 saturated heterocycles. The predicted molar refractivity (Wildman–Crippen MR) is 102 cm³/mol. The molecule has 0 fully saturated rings. The second kappa shape index (κ2) is 13.9. The van der Waals surface area contributed by atoms with Crippen molar-refractivity contribution in [2.24, 2.45) is 0 Å². The van der Waals surface area contributed by atoms with E-state index in [9.17, 15) is 4.79 Å². The maximum atomic E-state index is 10.8. The smallest absolute Gasteiger partial charge is 0.346 e. The molecule has 0 aliphatic heterocycles. The van der Waals surface area contributed by atoms with Gasteiger partial charge in [-0.3, -0.25) is 0 Å². The number of aliphatic hydroxyl groups is 1. The molecule has 0 aliphatic rings. The van der Waals surface area contributed by atoms with Crippen LogP contribution in [0, 0.1) is 11.3 Å². The summed E-state index contributed by atoms with van der Waals surface area (Å²) in [6, 6.07) is 8.72. The van der Waals surface area contributed by atoms with E-state index in [2.05, 4.69) is 0 Å². The Morgan fingerprint density at radius 1 is 0.962 bits per heavy atom. The zero-order chi connectivity index (χ0) is 19.0. The first-order valence-corrected chi connectivity index (χ1v) is 9.36. The van der Waals surface area contributed by atoms with Gasteiger partial charge in [-0.1, -0.05) is 57.1 Å². The topological polar surface area (TPSA) is 90.5 Å². The molecule has 5 nitrogen and oxygen atoms in total. The average Bonchev–Trinajstić information content (AvgIpc) is 2.65. The standard InChI is InChI=1S/C21H29NO4/c22-17-19(21(24)25)16-18-10-12-20(13-11-18)26-15-9-7-5-3-1-2-4-6-8-14-23/h10-13,16,23H,1-9,14-15H2,(H,24,25). The number of unbranched alkanes of at least 4 members (excludes halogenated alkanes) is 8. The SMILES string of the molecule is N#CC(=Cc1ccc(OCCCCCCCCCCCO)cc1)C(=O)O. The number of hydrogen-bond donors (Lipinski definition) is 2. The molecule has 0 atom stereocenters. The lowest BCUT2D eigenvalue weighted by molar-refractivity contribution is -0.132. The highest BCUT2D eigenvalue weighted by Gasteiger charge is 2.05. The van der Waals surface area contributed by atoms with Crippen molar-refractivity contribution >= 4 is 12.0 Å². The van der Waals surface area contributed by atoms with Gasteiger partial charge in [0, 0.05) is 6.61 Å². The summed E-state index contributed by atoms with van der Waals surface area (Å²) in [6.07, 6.45) is 11.8. The fourth-order valence-electron chi connectivity index (χ4n) is 2.61. The number of nitriles is 1. The van der Waals surface area contributed by atoms with E-state index in [0.29, 0.717) is 18.8 Å². The molecule has 0 aromatic heterocycles. The predicted octanol–water partition coefficient (Wildman–Crippen LogP) is 4.56. The maximum Gasteiger partial charge on any atom is 0.346 e. The van der Waals surface area contributed by atoms with Crippen molar-refractivity contribution in [1.82, 2.24) is 0 Å². The first kappa shape index (κ1) is 21.7. The molecule has 0 saturated carbocycles. The van der Waals surface area contributed by atoms with Crippen LogP contribution in [0.3, 0.4) is 0 Å². The van der Waals surface area contributed by atoms with Crippen molar-refractivity contribution in [3.05, 3.63) is 35.4 Å². The van der Waals surface area contributed by atoms with Crippen molar-refractivity contribution in [3.8, 4) is 11.8 Å². The van der Waals surface area contributed by atoms with E-state index in [1.54, 1.807) is 30.3 Å². The molecular formula is C21H29NO4. The quantitative estimate of drug-likeness (QED) is 0.289. The van der Waals surface area contributed by atoms with Gasteiger partial charge in [0.2, 0.25) is 0 Å². The van der Waals surface area contributed by atoms with Crippen LogP contribution in [0.5, 0.6) is 5.75 Å². The van der Waals surface area contributed by atoms with Crippen molar-refractivity contribution in [3.63, 3.8) is 0 Å². The maximum absolute atomic E-state index is 10.8. The summed E-state index contributed by atoms with van der Waals surface area (Å²) < 4.78 is 5.69. The van der Waals surface area contributed by atoms with Gasteiger partial charge in [-0.05, 0) is 36.6 Å². The lowest BCUT2D eigenvalue weighted by Gasteiger charge is -2.06. The molecule has 0 bridgehead atoms. The Morgan fingerprint density at radius 2 is 1.50 bits per heavy atom. The van der Waals surface area contributed by atoms with Crippen molar-refractivity contribution < 1.29 is 19.7 Å². The van der Waals surface area contributed by atoms with E-state index in [0.717, 1.165) is 31.4 Å². The third-order valence-electron chi connectivity index (χ3n) is 4.11. The lowest BCUT2D eigenvalue weighted by atomic mass is 10.1. The summed E-state index contributed by atoms with van der Waals surface area (Å²) in [5.74, 6) is -0.474. The van der Waals surface area contributed by atoms with E-state index >= 15 is 0 Å². The number of nitrogens with zero attached hydrogens (tertiary/aromatic N) is 1. The summed E-state index contributed by atoms with van der Waals surface area (Å²) in [5.41, 5.74) is 0.377. The van der Waals surface area contributed by atoms with E-state index in [1.165, 1.54) is 38.2 Å². The van der Waals surface area contributed by atoms with Crippen molar-refractivity contribution in [2.75, 3.05) is 13.2 Å². The molecule has 0 radical (unpaired) electrons. The molecule has 5 heteroatoms. The minimum absolute atomic E-state index is 0.285. The van der Waals surface area contributed by atoms with Crippen LogP contribution in [-0.4, -0.2) is 29.4 Å². The minimum atomic E-state index is -1.22. The molecule has 0 amide bonds. The Hall–Kier alpha value is -2.32. The molecule has 142 valence electrons. The molecule has 0 spiro atoms. The molecule has 0 heterocycles. The van der Waals surface area contributed by atoms with Crippen LogP contribution < -0.4 is 4.74 Å². The first-order chi connectivity index (χ1) is 12.7. The number of hydrogen-bond acceptors (Lipinski definition) is 4. The number of aliphatic carboxylic acids is 1. The lowest BCUT2D eigenvalue weighted by Crippen LogP contribution is -1.98. The van der Waals surface area contributed by atoms with E-state index in [4.69, 9.17) is 20.2 Å². The van der Waals surface area contributed by atoms with E-state index in [1.807, 2.05) is 0 Å². The van der Waals surface area contributed by atoms with Crippen LogP contribution >= 0.6 is 0 Å². The fraction of sp³-hybridized carbons (Fsp3) is 0.524. The third kappa shape index (κ3) is 9.85. The van der Waals surface area contributed by atoms with Gasteiger partial charge in [0.1, 0.15) is 17.4 Å². The number of benzene rings is 1. The van der Waals surface area contributed by atoms with Crippen molar-refractivity contribution in [2.45, 2.75) is 57.8 Å². The van der Waals surface area contributed by atoms with Crippen LogP contribution in [-0.2, 0) is 4.79 Å². The summed E-state index contributed by atoms with van der Waals surface area (Å²) >= 11 is 0. The monoisotopic (exact) mass is 359 g/mol. The number of ether oxygens (including phenoxy) is 1. The number of carboxylic acids is 1. The Kier molecular flexibility index (Phi) is 11.6. The van der Waals surface area contributed by atoms with Gasteiger partial charge in [-0.25, -0.2) is 4.79 Å². The van der Waals surface area contributed by atoms with Gasteiger partial charge in [0.15, 0.2) is 0 Å². The number of carbonyl (C=O) groups is 1. The van der Waals surface area contributed by atoms with E-state index < -0.39 is 5.97 Å². The number of carboxylic acid groups (broad SMARTS) is 1. The molecule has 1 rings (SSSR count). The number of rotatable bonds is 14. The van der Waals surface area contributed by atoms with Crippen LogP contribution in [0.2, 0.25) is 0 Å². The molecule has 1 aromatic rings. The summed E-state index contributed by atoms with van der Waals surface area (Å²) in [7, 11) is 0. The number of aliphatic hydroxyl groups excluding tert-OH is 1. The highest BCUT2D eigenvalue weighted by Crippen LogP contribution is 2.16. The average molecular weight is 359 g/mol. The Labute approximate surface area is 155 Å². The Balaban J connectivity index is 2.13. The highest BCUT2D eigenvalue weighted by atomic mass is 16.5. The first-order valence-electron chi connectivity index (χ1n) is 9.36. The second-order valence-electron chi connectivity index (χ2n) is 6.30.